The minimum Gasteiger partial charge on any atom is -0.496 e. The predicted molar refractivity (Wildman–Crippen MR) is 127 cm³/mol. The number of benzene rings is 2. The summed E-state index contributed by atoms with van der Waals surface area (Å²) in [6.45, 7) is 5.54. The van der Waals surface area contributed by atoms with Crippen LogP contribution >= 0.6 is 0 Å². The molecule has 0 aromatic heterocycles. The van der Waals surface area contributed by atoms with E-state index in [0.717, 1.165) is 16.9 Å². The molecule has 176 valence electrons. The van der Waals surface area contributed by atoms with Crippen LogP contribution in [0.3, 0.4) is 0 Å². The average Bonchev–Trinajstić information content (AvgIpc) is 2.79. The molecule has 0 saturated heterocycles. The largest absolute Gasteiger partial charge is 0.496 e. The van der Waals surface area contributed by atoms with Gasteiger partial charge in [-0.3, -0.25) is 19.7 Å². The normalized spacial score (nSPS) is 17.8. The Bertz CT molecular complexity index is 1060. The van der Waals surface area contributed by atoms with Crippen LogP contribution < -0.4 is 15.4 Å². The molecule has 2 aromatic rings. The molecule has 2 N–H and O–H groups in total. The maximum absolute atomic E-state index is 12.9. The highest BCUT2D eigenvalue weighted by Crippen LogP contribution is 2.29. The van der Waals surface area contributed by atoms with Crippen molar-refractivity contribution in [2.75, 3.05) is 12.4 Å². The fourth-order valence-electron chi connectivity index (χ4n) is 4.38. The van der Waals surface area contributed by atoms with Gasteiger partial charge in [0.1, 0.15) is 11.3 Å². The van der Waals surface area contributed by atoms with Crippen LogP contribution in [0, 0.1) is 29.9 Å². The van der Waals surface area contributed by atoms with Gasteiger partial charge in [0.2, 0.25) is 5.91 Å². The number of aryl methyl sites for hydroxylation is 3. The number of carbonyl (C=O) groups is 2. The fourth-order valence-corrected chi connectivity index (χ4v) is 4.38. The van der Waals surface area contributed by atoms with E-state index in [4.69, 9.17) is 4.74 Å². The molecule has 2 aromatic carbocycles. The molecule has 0 heterocycles. The van der Waals surface area contributed by atoms with E-state index in [1.807, 2.05) is 26.0 Å². The summed E-state index contributed by atoms with van der Waals surface area (Å²) in [5.74, 6) is 0.0912. The van der Waals surface area contributed by atoms with Crippen molar-refractivity contribution in [3.63, 3.8) is 0 Å². The maximum atomic E-state index is 12.9. The van der Waals surface area contributed by atoms with Crippen molar-refractivity contribution >= 4 is 23.2 Å². The zero-order valence-electron chi connectivity index (χ0n) is 19.6. The summed E-state index contributed by atoms with van der Waals surface area (Å²) in [6.07, 6.45) is 3.24. The lowest BCUT2D eigenvalue weighted by Crippen LogP contribution is -2.39. The van der Waals surface area contributed by atoms with Gasteiger partial charge in [0.05, 0.1) is 12.0 Å². The first kappa shape index (κ1) is 24.2. The molecular formula is C25H31N3O5. The molecule has 1 aliphatic rings. The number of rotatable bonds is 7. The molecule has 0 unspecified atom stereocenters. The van der Waals surface area contributed by atoms with Crippen molar-refractivity contribution < 1.29 is 19.2 Å². The van der Waals surface area contributed by atoms with Crippen molar-refractivity contribution in [1.29, 1.82) is 0 Å². The van der Waals surface area contributed by atoms with Gasteiger partial charge in [0, 0.05) is 29.3 Å². The van der Waals surface area contributed by atoms with E-state index in [1.54, 1.807) is 32.2 Å². The van der Waals surface area contributed by atoms with Crippen molar-refractivity contribution in [1.82, 2.24) is 5.32 Å². The van der Waals surface area contributed by atoms with Crippen LogP contribution in [0.1, 0.15) is 59.7 Å². The third-order valence-corrected chi connectivity index (χ3v) is 6.30. The van der Waals surface area contributed by atoms with E-state index in [1.165, 1.54) is 0 Å². The second-order valence-electron chi connectivity index (χ2n) is 8.62. The molecule has 1 aliphatic carbocycles. The fraction of sp³-hybridized carbons (Fsp3) is 0.440. The highest BCUT2D eigenvalue weighted by atomic mass is 16.6. The Kier molecular flexibility index (Phi) is 7.68. The van der Waals surface area contributed by atoms with E-state index in [-0.39, 0.29) is 29.1 Å². The number of nitro groups is 1. The summed E-state index contributed by atoms with van der Waals surface area (Å²) in [4.78, 5) is 36.7. The highest BCUT2D eigenvalue weighted by Gasteiger charge is 2.30. The number of hydrogen-bond acceptors (Lipinski definition) is 5. The summed E-state index contributed by atoms with van der Waals surface area (Å²) in [6, 6.07) is 8.79. The Labute approximate surface area is 193 Å². The molecule has 2 amide bonds. The van der Waals surface area contributed by atoms with E-state index in [2.05, 4.69) is 10.6 Å². The van der Waals surface area contributed by atoms with Gasteiger partial charge in [0.15, 0.2) is 0 Å². The molecular weight excluding hydrogens is 422 g/mol. The monoisotopic (exact) mass is 453 g/mol. The summed E-state index contributed by atoms with van der Waals surface area (Å²) in [5.41, 5.74) is 3.01. The molecule has 8 heteroatoms. The van der Waals surface area contributed by atoms with Crippen molar-refractivity contribution in [3.05, 3.63) is 62.7 Å². The van der Waals surface area contributed by atoms with E-state index in [0.29, 0.717) is 43.4 Å². The number of carbonyl (C=O) groups excluding carboxylic acids is 2. The molecule has 0 bridgehead atoms. The minimum atomic E-state index is -0.495. The number of ether oxygens (including phenoxy) is 1. The number of hydrogen-bond donors (Lipinski definition) is 2. The van der Waals surface area contributed by atoms with Gasteiger partial charge in [-0.25, -0.2) is 0 Å². The first-order chi connectivity index (χ1) is 15.7. The summed E-state index contributed by atoms with van der Waals surface area (Å²) < 4.78 is 5.31. The summed E-state index contributed by atoms with van der Waals surface area (Å²) in [7, 11) is 1.60. The molecule has 0 spiro atoms. The molecule has 0 radical (unpaired) electrons. The van der Waals surface area contributed by atoms with E-state index >= 15 is 0 Å². The second kappa shape index (κ2) is 10.5. The molecule has 8 nitrogen and oxygen atoms in total. The average molecular weight is 454 g/mol. The van der Waals surface area contributed by atoms with Gasteiger partial charge in [-0.05, 0) is 75.3 Å². The second-order valence-corrected chi connectivity index (χ2v) is 8.62. The maximum Gasteiger partial charge on any atom is 0.285 e. The smallest absolute Gasteiger partial charge is 0.285 e. The number of nitro benzene ring substituents is 1. The zero-order valence-corrected chi connectivity index (χ0v) is 19.6. The van der Waals surface area contributed by atoms with Gasteiger partial charge >= 0.3 is 0 Å². The third kappa shape index (κ3) is 5.69. The molecule has 0 atom stereocenters. The third-order valence-electron chi connectivity index (χ3n) is 6.30. The Morgan fingerprint density at radius 2 is 1.79 bits per heavy atom. The Hall–Kier alpha value is -3.42. The van der Waals surface area contributed by atoms with E-state index in [9.17, 15) is 19.7 Å². The SMILES string of the molecule is CCc1cc(C)c([N+](=O)[O-])c(C(=O)NC2CCC(C(=O)Nc3ccc(C)c(OC)c3)CC2)c1. The quantitative estimate of drug-likeness (QED) is 0.466. The topological polar surface area (TPSA) is 111 Å². The number of nitrogens with one attached hydrogen (secondary N) is 2. The Morgan fingerprint density at radius 3 is 2.39 bits per heavy atom. The molecule has 1 fully saturated rings. The van der Waals surface area contributed by atoms with Crippen LogP contribution in [-0.4, -0.2) is 29.9 Å². The lowest BCUT2D eigenvalue weighted by atomic mass is 9.85. The van der Waals surface area contributed by atoms with Crippen molar-refractivity contribution in [3.8, 4) is 5.75 Å². The van der Waals surface area contributed by atoms with Gasteiger partial charge < -0.3 is 15.4 Å². The first-order valence-electron chi connectivity index (χ1n) is 11.3. The van der Waals surface area contributed by atoms with Crippen LogP contribution in [0.25, 0.3) is 0 Å². The number of anilines is 1. The van der Waals surface area contributed by atoms with Crippen molar-refractivity contribution in [2.24, 2.45) is 5.92 Å². The minimum absolute atomic E-state index is 0.0485. The van der Waals surface area contributed by atoms with Crippen molar-refractivity contribution in [2.45, 2.75) is 58.9 Å². The molecule has 1 saturated carbocycles. The Morgan fingerprint density at radius 1 is 1.09 bits per heavy atom. The van der Waals surface area contributed by atoms with Crippen LogP contribution in [0.2, 0.25) is 0 Å². The number of methoxy groups -OCH3 is 1. The number of nitrogens with zero attached hydrogens (tertiary/aromatic N) is 1. The van der Waals surface area contributed by atoms with Crippen LogP contribution in [-0.2, 0) is 11.2 Å². The lowest BCUT2D eigenvalue weighted by Gasteiger charge is -2.28. The van der Waals surface area contributed by atoms with Crippen LogP contribution in [0.4, 0.5) is 11.4 Å². The zero-order chi connectivity index (χ0) is 24.1. The lowest BCUT2D eigenvalue weighted by molar-refractivity contribution is -0.385. The highest BCUT2D eigenvalue weighted by molar-refractivity contribution is 5.99. The molecule has 3 rings (SSSR count). The number of amides is 2. The Balaban J connectivity index is 1.60. The van der Waals surface area contributed by atoms with Gasteiger partial charge in [0.25, 0.3) is 11.6 Å². The predicted octanol–water partition coefficient (Wildman–Crippen LogP) is 4.71. The van der Waals surface area contributed by atoms with Gasteiger partial charge in [-0.15, -0.1) is 0 Å². The summed E-state index contributed by atoms with van der Waals surface area (Å²) >= 11 is 0. The first-order valence-corrected chi connectivity index (χ1v) is 11.3. The molecule has 33 heavy (non-hydrogen) atoms. The summed E-state index contributed by atoms with van der Waals surface area (Å²) in [5, 5.41) is 17.4. The van der Waals surface area contributed by atoms with Gasteiger partial charge in [-0.1, -0.05) is 13.0 Å². The van der Waals surface area contributed by atoms with Gasteiger partial charge in [-0.2, -0.15) is 0 Å². The molecule has 0 aliphatic heterocycles. The van der Waals surface area contributed by atoms with Crippen LogP contribution in [0.15, 0.2) is 30.3 Å². The van der Waals surface area contributed by atoms with Crippen LogP contribution in [0.5, 0.6) is 5.75 Å². The van der Waals surface area contributed by atoms with E-state index < -0.39 is 10.8 Å². The standard InChI is InChI=1S/C25H31N3O5/c1-5-17-12-16(3)23(28(31)32)21(13-17)25(30)26-19-10-7-18(8-11-19)24(29)27-20-9-6-15(2)22(14-20)33-4/h6,9,12-14,18-19H,5,7-8,10-11H2,1-4H3,(H,26,30)(H,27,29).